The third-order valence-corrected chi connectivity index (χ3v) is 3.76. The van der Waals surface area contributed by atoms with Gasteiger partial charge >= 0.3 is 0 Å². The SMILES string of the molecule is C[C@@]1(CO)C[C@H](CF)[C@H](n2cnc3c(=O)[nH]c(N)nc32)O1. The van der Waals surface area contributed by atoms with Gasteiger partial charge in [0.05, 0.1) is 25.2 Å². The van der Waals surface area contributed by atoms with Gasteiger partial charge in [-0.2, -0.15) is 4.98 Å². The fraction of sp³-hybridized carbons (Fsp3) is 0.583. The Hall–Kier alpha value is -2.00. The zero-order valence-corrected chi connectivity index (χ0v) is 11.4. The lowest BCUT2D eigenvalue weighted by Crippen LogP contribution is -2.28. The van der Waals surface area contributed by atoms with Crippen LogP contribution < -0.4 is 11.3 Å². The molecule has 0 amide bonds. The highest BCUT2D eigenvalue weighted by atomic mass is 19.1. The van der Waals surface area contributed by atoms with Crippen molar-refractivity contribution in [1.29, 1.82) is 0 Å². The van der Waals surface area contributed by atoms with Crippen molar-refractivity contribution < 1.29 is 14.2 Å². The molecule has 0 unspecified atom stereocenters. The smallest absolute Gasteiger partial charge is 0.280 e. The minimum atomic E-state index is -0.829. The van der Waals surface area contributed by atoms with Crippen LogP contribution in [-0.2, 0) is 4.74 Å². The van der Waals surface area contributed by atoms with Gasteiger partial charge in [-0.1, -0.05) is 0 Å². The minimum Gasteiger partial charge on any atom is -0.393 e. The van der Waals surface area contributed by atoms with Crippen LogP contribution in [0.4, 0.5) is 10.3 Å². The number of fused-ring (bicyclic) bond motifs is 1. The number of hydrogen-bond donors (Lipinski definition) is 3. The summed E-state index contributed by atoms with van der Waals surface area (Å²) in [6, 6.07) is 0. The van der Waals surface area contributed by atoms with E-state index < -0.39 is 30.0 Å². The Morgan fingerprint density at radius 1 is 1.71 bits per heavy atom. The first-order valence-electron chi connectivity index (χ1n) is 6.54. The van der Waals surface area contributed by atoms with Gasteiger partial charge in [-0.25, -0.2) is 4.98 Å². The normalized spacial score (nSPS) is 29.3. The molecule has 4 N–H and O–H groups in total. The molecule has 1 aliphatic heterocycles. The first-order chi connectivity index (χ1) is 9.97. The third kappa shape index (κ3) is 2.18. The molecule has 1 fully saturated rings. The molecule has 0 bridgehead atoms. The molecule has 0 aromatic carbocycles. The number of aliphatic hydroxyl groups is 1. The van der Waals surface area contributed by atoms with Crippen LogP contribution in [0.3, 0.4) is 0 Å². The number of nitrogens with one attached hydrogen (secondary N) is 1. The monoisotopic (exact) mass is 297 g/mol. The second kappa shape index (κ2) is 4.78. The number of aromatic nitrogens is 4. The van der Waals surface area contributed by atoms with Gasteiger partial charge in [0.25, 0.3) is 5.56 Å². The summed E-state index contributed by atoms with van der Waals surface area (Å²) in [4.78, 5) is 22.1. The standard InChI is InChI=1S/C12H16FN5O3/c1-12(4-19)2-6(3-13)10(21-12)18-5-15-7-8(18)16-11(14)17-9(7)20/h5-6,10,19H,2-4H2,1H3,(H3,14,16,17,20)/t6-,10-,12+/m1/s1. The molecule has 8 nitrogen and oxygen atoms in total. The summed E-state index contributed by atoms with van der Waals surface area (Å²) in [7, 11) is 0. The van der Waals surface area contributed by atoms with Crippen LogP contribution in [0.5, 0.6) is 0 Å². The van der Waals surface area contributed by atoms with Crippen molar-refractivity contribution in [3.63, 3.8) is 0 Å². The molecule has 9 heteroatoms. The molecule has 3 atom stereocenters. The summed E-state index contributed by atoms with van der Waals surface area (Å²) in [5.74, 6) is -0.504. The van der Waals surface area contributed by atoms with E-state index in [4.69, 9.17) is 10.5 Å². The number of nitrogen functional groups attached to an aromatic ring is 1. The van der Waals surface area contributed by atoms with Crippen LogP contribution >= 0.6 is 0 Å². The molecule has 0 saturated carbocycles. The van der Waals surface area contributed by atoms with Crippen LogP contribution in [0.2, 0.25) is 0 Å². The molecule has 2 aromatic rings. The van der Waals surface area contributed by atoms with Crippen molar-refractivity contribution >= 4 is 17.1 Å². The molecule has 3 heterocycles. The Morgan fingerprint density at radius 3 is 3.14 bits per heavy atom. The number of halogens is 1. The summed E-state index contributed by atoms with van der Waals surface area (Å²) >= 11 is 0. The molecule has 2 aromatic heterocycles. The van der Waals surface area contributed by atoms with Crippen molar-refractivity contribution in [2.45, 2.75) is 25.2 Å². The Morgan fingerprint density at radius 2 is 2.48 bits per heavy atom. The van der Waals surface area contributed by atoms with Gasteiger partial charge in [-0.15, -0.1) is 0 Å². The molecule has 0 aliphatic carbocycles. The molecular formula is C12H16FN5O3. The predicted octanol–water partition coefficient (Wildman–Crippen LogP) is -0.0426. The Balaban J connectivity index is 2.10. The first-order valence-corrected chi connectivity index (χ1v) is 6.54. The quantitative estimate of drug-likeness (QED) is 0.731. The number of anilines is 1. The summed E-state index contributed by atoms with van der Waals surface area (Å²) in [5.41, 5.74) is 4.60. The van der Waals surface area contributed by atoms with Crippen LogP contribution in [0, 0.1) is 5.92 Å². The highest BCUT2D eigenvalue weighted by Gasteiger charge is 2.44. The average molecular weight is 297 g/mol. The zero-order valence-electron chi connectivity index (χ0n) is 11.4. The zero-order chi connectivity index (χ0) is 15.2. The number of nitrogens with two attached hydrogens (primary N) is 1. The first kappa shape index (κ1) is 14.0. The topological polar surface area (TPSA) is 119 Å². The number of hydrogen-bond acceptors (Lipinski definition) is 6. The number of aliphatic hydroxyl groups excluding tert-OH is 1. The second-order valence-corrected chi connectivity index (χ2v) is 5.51. The van der Waals surface area contributed by atoms with Gasteiger partial charge in [-0.05, 0) is 13.3 Å². The summed E-state index contributed by atoms with van der Waals surface area (Å²) in [5, 5.41) is 9.39. The Labute approximate surface area is 118 Å². The predicted molar refractivity (Wildman–Crippen MR) is 72.3 cm³/mol. The van der Waals surface area contributed by atoms with Gasteiger partial charge < -0.3 is 15.6 Å². The molecule has 114 valence electrons. The van der Waals surface area contributed by atoms with E-state index in [2.05, 4.69) is 15.0 Å². The third-order valence-electron chi connectivity index (χ3n) is 3.76. The number of H-pyrrole nitrogens is 1. The number of ether oxygens (including phenoxy) is 1. The van der Waals surface area contributed by atoms with Crippen molar-refractivity contribution in [3.8, 4) is 0 Å². The number of nitrogens with zero attached hydrogens (tertiary/aromatic N) is 3. The van der Waals surface area contributed by atoms with E-state index in [0.717, 1.165) is 0 Å². The number of alkyl halides is 1. The van der Waals surface area contributed by atoms with Gasteiger partial charge in [0.15, 0.2) is 11.2 Å². The maximum atomic E-state index is 13.3. The van der Waals surface area contributed by atoms with Crippen LogP contribution in [0.15, 0.2) is 11.1 Å². The fourth-order valence-electron chi connectivity index (χ4n) is 2.74. The summed E-state index contributed by atoms with van der Waals surface area (Å²) < 4.78 is 20.5. The number of aromatic amines is 1. The van der Waals surface area contributed by atoms with E-state index in [1.54, 1.807) is 6.92 Å². The van der Waals surface area contributed by atoms with Crippen LogP contribution in [0.25, 0.3) is 11.2 Å². The Kier molecular flexibility index (Phi) is 3.18. The molecule has 1 saturated heterocycles. The average Bonchev–Trinajstić information content (AvgIpc) is 3.00. The molecule has 0 radical (unpaired) electrons. The fourth-order valence-corrected chi connectivity index (χ4v) is 2.74. The lowest BCUT2D eigenvalue weighted by atomic mass is 9.96. The lowest BCUT2D eigenvalue weighted by molar-refractivity contribution is -0.0915. The lowest BCUT2D eigenvalue weighted by Gasteiger charge is -2.22. The molecule has 21 heavy (non-hydrogen) atoms. The summed E-state index contributed by atoms with van der Waals surface area (Å²) in [6.45, 7) is 0.880. The van der Waals surface area contributed by atoms with Gasteiger partial charge in [0.2, 0.25) is 5.95 Å². The van der Waals surface area contributed by atoms with E-state index in [0.29, 0.717) is 6.42 Å². The van der Waals surface area contributed by atoms with E-state index in [1.807, 2.05) is 0 Å². The van der Waals surface area contributed by atoms with E-state index in [9.17, 15) is 14.3 Å². The van der Waals surface area contributed by atoms with Crippen LogP contribution in [-0.4, -0.2) is 43.5 Å². The van der Waals surface area contributed by atoms with Crippen molar-refractivity contribution in [2.75, 3.05) is 19.0 Å². The highest BCUT2D eigenvalue weighted by Crippen LogP contribution is 2.41. The second-order valence-electron chi connectivity index (χ2n) is 5.51. The maximum Gasteiger partial charge on any atom is 0.280 e. The van der Waals surface area contributed by atoms with E-state index >= 15 is 0 Å². The maximum absolute atomic E-state index is 13.3. The van der Waals surface area contributed by atoms with Crippen LogP contribution in [0.1, 0.15) is 19.6 Å². The van der Waals surface area contributed by atoms with Crippen molar-refractivity contribution in [3.05, 3.63) is 16.7 Å². The van der Waals surface area contributed by atoms with Crippen molar-refractivity contribution in [2.24, 2.45) is 5.92 Å². The summed E-state index contributed by atoms with van der Waals surface area (Å²) in [6.07, 6.45) is 1.05. The molecule has 1 aliphatic rings. The number of rotatable bonds is 3. The van der Waals surface area contributed by atoms with E-state index in [1.165, 1.54) is 10.9 Å². The molecular weight excluding hydrogens is 281 g/mol. The van der Waals surface area contributed by atoms with Crippen molar-refractivity contribution in [1.82, 2.24) is 19.5 Å². The number of imidazole rings is 1. The van der Waals surface area contributed by atoms with E-state index in [-0.39, 0.29) is 23.7 Å². The highest BCUT2D eigenvalue weighted by molar-refractivity contribution is 5.70. The van der Waals surface area contributed by atoms with Gasteiger partial charge in [0.1, 0.15) is 6.23 Å². The van der Waals surface area contributed by atoms with Gasteiger partial charge in [0, 0.05) is 5.92 Å². The molecule has 3 rings (SSSR count). The minimum absolute atomic E-state index is 0.0473. The largest absolute Gasteiger partial charge is 0.393 e. The van der Waals surface area contributed by atoms with Gasteiger partial charge in [-0.3, -0.25) is 18.7 Å². The molecule has 0 spiro atoms. The Bertz CT molecular complexity index is 729.